The number of nitrogens with zero attached hydrogens (tertiary/aromatic N) is 3. The fourth-order valence-electron chi connectivity index (χ4n) is 3.11. The van der Waals surface area contributed by atoms with Gasteiger partial charge in [0.15, 0.2) is 5.96 Å². The fraction of sp³-hybridized carbons (Fsp3) is 0.947. The molecule has 1 atom stereocenters. The van der Waals surface area contributed by atoms with Gasteiger partial charge in [0.05, 0.1) is 6.54 Å². The van der Waals surface area contributed by atoms with E-state index in [0.717, 1.165) is 77.8 Å². The Morgan fingerprint density at radius 2 is 1.80 bits per heavy atom. The van der Waals surface area contributed by atoms with Crippen LogP contribution in [0, 0.1) is 5.92 Å². The minimum absolute atomic E-state index is 0.516. The van der Waals surface area contributed by atoms with E-state index in [0.29, 0.717) is 12.0 Å². The number of ether oxygens (including phenoxy) is 1. The van der Waals surface area contributed by atoms with Crippen LogP contribution >= 0.6 is 0 Å². The molecule has 1 aliphatic heterocycles. The molecule has 0 spiro atoms. The number of piperazine rings is 1. The first-order valence-electron chi connectivity index (χ1n) is 10.1. The van der Waals surface area contributed by atoms with Crippen LogP contribution in [0.15, 0.2) is 4.99 Å². The number of nitrogens with one attached hydrogen (secondary N) is 2. The third-order valence-electron chi connectivity index (χ3n) is 4.77. The molecule has 1 heterocycles. The number of rotatable bonds is 11. The van der Waals surface area contributed by atoms with Gasteiger partial charge in [-0.25, -0.2) is 0 Å². The van der Waals surface area contributed by atoms with Crippen molar-refractivity contribution in [3.05, 3.63) is 0 Å². The average molecular weight is 356 g/mol. The minimum Gasteiger partial charge on any atom is -0.382 e. The molecule has 0 radical (unpaired) electrons. The zero-order chi connectivity index (χ0) is 18.5. The van der Waals surface area contributed by atoms with Crippen molar-refractivity contribution in [2.24, 2.45) is 10.9 Å². The molecule has 0 saturated carbocycles. The Hall–Kier alpha value is -0.850. The quantitative estimate of drug-likeness (QED) is 0.335. The van der Waals surface area contributed by atoms with Gasteiger partial charge in [-0.2, -0.15) is 0 Å². The maximum atomic E-state index is 5.39. The van der Waals surface area contributed by atoms with E-state index in [1.54, 1.807) is 0 Å². The van der Waals surface area contributed by atoms with Gasteiger partial charge < -0.3 is 20.3 Å². The molecule has 0 aromatic carbocycles. The third kappa shape index (κ3) is 9.42. The zero-order valence-corrected chi connectivity index (χ0v) is 17.2. The highest BCUT2D eigenvalue weighted by atomic mass is 16.5. The minimum atomic E-state index is 0.516. The summed E-state index contributed by atoms with van der Waals surface area (Å²) in [5.74, 6) is 1.56. The summed E-state index contributed by atoms with van der Waals surface area (Å²) in [4.78, 5) is 9.89. The number of aliphatic imine (C=N–C) groups is 1. The van der Waals surface area contributed by atoms with E-state index >= 15 is 0 Å². The predicted octanol–water partition coefficient (Wildman–Crippen LogP) is 1.63. The van der Waals surface area contributed by atoms with Gasteiger partial charge in [0, 0.05) is 58.5 Å². The fourth-order valence-corrected chi connectivity index (χ4v) is 3.11. The van der Waals surface area contributed by atoms with Gasteiger partial charge in [0.1, 0.15) is 0 Å². The van der Waals surface area contributed by atoms with Gasteiger partial charge >= 0.3 is 0 Å². The van der Waals surface area contributed by atoms with E-state index in [1.807, 2.05) is 6.92 Å². The second-order valence-corrected chi connectivity index (χ2v) is 7.20. The summed E-state index contributed by atoms with van der Waals surface area (Å²) in [5.41, 5.74) is 0. The van der Waals surface area contributed by atoms with Crippen molar-refractivity contribution in [3.63, 3.8) is 0 Å². The second kappa shape index (κ2) is 13.4. The molecule has 1 unspecified atom stereocenters. The van der Waals surface area contributed by atoms with Crippen LogP contribution in [0.25, 0.3) is 0 Å². The molecule has 148 valence electrons. The van der Waals surface area contributed by atoms with Gasteiger partial charge in [-0.05, 0) is 39.7 Å². The predicted molar refractivity (Wildman–Crippen MR) is 107 cm³/mol. The molecule has 0 aromatic rings. The lowest BCUT2D eigenvalue weighted by Gasteiger charge is -2.39. The Morgan fingerprint density at radius 1 is 1.08 bits per heavy atom. The average Bonchev–Trinajstić information content (AvgIpc) is 2.59. The molecule has 0 aromatic heterocycles. The van der Waals surface area contributed by atoms with Crippen LogP contribution in [0.3, 0.4) is 0 Å². The van der Waals surface area contributed by atoms with Gasteiger partial charge in [-0.3, -0.25) is 9.89 Å². The monoisotopic (exact) mass is 355 g/mol. The highest BCUT2D eigenvalue weighted by Gasteiger charge is 2.24. The van der Waals surface area contributed by atoms with Crippen molar-refractivity contribution in [2.75, 3.05) is 66.1 Å². The number of hydrogen-bond donors (Lipinski definition) is 2. The van der Waals surface area contributed by atoms with E-state index in [1.165, 1.54) is 0 Å². The lowest BCUT2D eigenvalue weighted by molar-refractivity contribution is 0.0925. The first-order chi connectivity index (χ1) is 12.1. The molecule has 2 N–H and O–H groups in total. The molecular weight excluding hydrogens is 314 g/mol. The summed E-state index contributed by atoms with van der Waals surface area (Å²) < 4.78 is 5.39. The van der Waals surface area contributed by atoms with Gasteiger partial charge in [-0.15, -0.1) is 0 Å². The van der Waals surface area contributed by atoms with Crippen LogP contribution < -0.4 is 10.6 Å². The number of guanidine groups is 1. The van der Waals surface area contributed by atoms with Gasteiger partial charge in [-0.1, -0.05) is 13.8 Å². The van der Waals surface area contributed by atoms with Gasteiger partial charge in [0.25, 0.3) is 0 Å². The second-order valence-electron chi connectivity index (χ2n) is 7.20. The molecule has 0 aliphatic carbocycles. The molecule has 1 rings (SSSR count). The van der Waals surface area contributed by atoms with Crippen LogP contribution in [0.5, 0.6) is 0 Å². The zero-order valence-electron chi connectivity index (χ0n) is 17.2. The summed E-state index contributed by atoms with van der Waals surface area (Å²) in [6.07, 6.45) is 2.20. The Kier molecular flexibility index (Phi) is 11.9. The molecule has 25 heavy (non-hydrogen) atoms. The van der Waals surface area contributed by atoms with Crippen molar-refractivity contribution >= 4 is 5.96 Å². The summed E-state index contributed by atoms with van der Waals surface area (Å²) in [6, 6.07) is 0.516. The van der Waals surface area contributed by atoms with E-state index in [9.17, 15) is 0 Å². The Bertz CT molecular complexity index is 354. The first kappa shape index (κ1) is 22.2. The third-order valence-corrected chi connectivity index (χ3v) is 4.77. The topological polar surface area (TPSA) is 52.1 Å². The van der Waals surface area contributed by atoms with Crippen LogP contribution in [0.2, 0.25) is 0 Å². The molecule has 6 heteroatoms. The van der Waals surface area contributed by atoms with E-state index < -0.39 is 0 Å². The van der Waals surface area contributed by atoms with Gasteiger partial charge in [0.2, 0.25) is 0 Å². The number of unbranched alkanes of at least 4 members (excludes halogenated alkanes) is 1. The Balaban J connectivity index is 2.45. The maximum Gasteiger partial charge on any atom is 0.191 e. The molecule has 1 fully saturated rings. The van der Waals surface area contributed by atoms with Crippen molar-refractivity contribution < 1.29 is 4.74 Å². The van der Waals surface area contributed by atoms with Crippen LogP contribution in [0.1, 0.15) is 40.5 Å². The molecule has 1 aliphatic rings. The van der Waals surface area contributed by atoms with Crippen molar-refractivity contribution in [3.8, 4) is 0 Å². The standard InChI is InChI=1S/C19H41N5O/c1-6-20-19(21-10-8-9-15-25-7-2)22-16-18(17(3)4)24-13-11-23(5)12-14-24/h17-18H,6-16H2,1-5H3,(H2,20,21,22). The largest absolute Gasteiger partial charge is 0.382 e. The first-order valence-corrected chi connectivity index (χ1v) is 10.1. The normalized spacial score (nSPS) is 18.6. The van der Waals surface area contributed by atoms with Crippen molar-refractivity contribution in [2.45, 2.75) is 46.6 Å². The molecular formula is C19H41N5O. The van der Waals surface area contributed by atoms with Crippen molar-refractivity contribution in [1.29, 1.82) is 0 Å². The summed E-state index contributed by atoms with van der Waals surface area (Å²) >= 11 is 0. The number of likely N-dealkylation sites (N-methyl/N-ethyl adjacent to an activating group) is 1. The Labute approximate surface area is 155 Å². The SMILES string of the molecule is CCNC(=NCC(C(C)C)N1CCN(C)CC1)NCCCCOCC. The van der Waals surface area contributed by atoms with E-state index in [2.05, 4.69) is 48.3 Å². The summed E-state index contributed by atoms with van der Waals surface area (Å²) in [7, 11) is 2.21. The van der Waals surface area contributed by atoms with E-state index in [-0.39, 0.29) is 0 Å². The highest BCUT2D eigenvalue weighted by Crippen LogP contribution is 2.14. The molecule has 0 bridgehead atoms. The van der Waals surface area contributed by atoms with Crippen LogP contribution in [-0.4, -0.2) is 87.9 Å². The van der Waals surface area contributed by atoms with E-state index in [4.69, 9.17) is 9.73 Å². The lowest BCUT2D eigenvalue weighted by Crippen LogP contribution is -2.52. The van der Waals surface area contributed by atoms with Crippen LogP contribution in [-0.2, 0) is 4.74 Å². The van der Waals surface area contributed by atoms with Crippen LogP contribution in [0.4, 0.5) is 0 Å². The smallest absolute Gasteiger partial charge is 0.191 e. The number of hydrogen-bond acceptors (Lipinski definition) is 4. The summed E-state index contributed by atoms with van der Waals surface area (Å²) in [5, 5.41) is 6.83. The Morgan fingerprint density at radius 3 is 2.40 bits per heavy atom. The highest BCUT2D eigenvalue weighted by molar-refractivity contribution is 5.79. The van der Waals surface area contributed by atoms with Crippen molar-refractivity contribution in [1.82, 2.24) is 20.4 Å². The maximum absolute atomic E-state index is 5.39. The molecule has 6 nitrogen and oxygen atoms in total. The summed E-state index contributed by atoms with van der Waals surface area (Å²) in [6.45, 7) is 17.8. The lowest BCUT2D eigenvalue weighted by atomic mass is 10.0. The molecule has 1 saturated heterocycles. The molecule has 0 amide bonds.